The first-order chi connectivity index (χ1) is 9.65. The second-order valence-corrected chi connectivity index (χ2v) is 4.28. The maximum atomic E-state index is 9.98. The lowest BCUT2D eigenvalue weighted by molar-refractivity contribution is 0.371. The summed E-state index contributed by atoms with van der Waals surface area (Å²) in [5.74, 6) is 0.927. The highest BCUT2D eigenvalue weighted by atomic mass is 35.5. The molecule has 1 heterocycles. The van der Waals surface area contributed by atoms with E-state index in [-0.39, 0.29) is 11.8 Å². The molecule has 2 aromatic rings. The van der Waals surface area contributed by atoms with Gasteiger partial charge in [-0.25, -0.2) is 4.98 Å². The first-order valence-electron chi connectivity index (χ1n) is 5.81. The SMILES string of the molecule is COc1ncc(Cl)c(NCc2cccc(OC)c2O)n1. The van der Waals surface area contributed by atoms with E-state index >= 15 is 0 Å². The highest BCUT2D eigenvalue weighted by molar-refractivity contribution is 6.32. The molecule has 0 fully saturated rings. The third kappa shape index (κ3) is 3.03. The number of benzene rings is 1. The van der Waals surface area contributed by atoms with E-state index in [0.717, 1.165) is 0 Å². The molecule has 0 aliphatic carbocycles. The fraction of sp³-hybridized carbons (Fsp3) is 0.231. The normalized spacial score (nSPS) is 10.2. The minimum Gasteiger partial charge on any atom is -0.504 e. The first-order valence-corrected chi connectivity index (χ1v) is 6.18. The van der Waals surface area contributed by atoms with Gasteiger partial charge in [0.05, 0.1) is 20.4 Å². The van der Waals surface area contributed by atoms with Crippen molar-refractivity contribution in [2.24, 2.45) is 0 Å². The molecule has 0 atom stereocenters. The highest BCUT2D eigenvalue weighted by Gasteiger charge is 2.09. The number of nitrogens with zero attached hydrogens (tertiary/aromatic N) is 2. The topological polar surface area (TPSA) is 76.5 Å². The van der Waals surface area contributed by atoms with Gasteiger partial charge in [-0.05, 0) is 6.07 Å². The number of phenolic OH excluding ortho intramolecular Hbond substituents is 1. The van der Waals surface area contributed by atoms with Crippen LogP contribution in [0.5, 0.6) is 17.5 Å². The van der Waals surface area contributed by atoms with E-state index in [2.05, 4.69) is 15.3 Å². The van der Waals surface area contributed by atoms with Crippen molar-refractivity contribution in [1.29, 1.82) is 0 Å². The van der Waals surface area contributed by atoms with Crippen LogP contribution < -0.4 is 14.8 Å². The number of aromatic nitrogens is 2. The van der Waals surface area contributed by atoms with Crippen molar-refractivity contribution in [3.63, 3.8) is 0 Å². The van der Waals surface area contributed by atoms with Crippen LogP contribution in [0.25, 0.3) is 0 Å². The zero-order chi connectivity index (χ0) is 14.5. The van der Waals surface area contributed by atoms with Crippen molar-refractivity contribution in [3.8, 4) is 17.5 Å². The molecular weight excluding hydrogens is 282 g/mol. The molecule has 0 amide bonds. The Labute approximate surface area is 121 Å². The average Bonchev–Trinajstić information content (AvgIpc) is 2.47. The molecule has 20 heavy (non-hydrogen) atoms. The predicted octanol–water partition coefficient (Wildman–Crippen LogP) is 2.46. The minimum absolute atomic E-state index is 0.0830. The quantitative estimate of drug-likeness (QED) is 0.882. The molecule has 2 rings (SSSR count). The maximum absolute atomic E-state index is 9.98. The Kier molecular flexibility index (Phi) is 4.47. The van der Waals surface area contributed by atoms with Crippen LogP contribution in [-0.4, -0.2) is 29.3 Å². The van der Waals surface area contributed by atoms with Gasteiger partial charge >= 0.3 is 6.01 Å². The molecule has 0 bridgehead atoms. The zero-order valence-electron chi connectivity index (χ0n) is 11.1. The molecule has 0 radical (unpaired) electrons. The van der Waals surface area contributed by atoms with Crippen molar-refractivity contribution in [3.05, 3.63) is 35.0 Å². The fourth-order valence-corrected chi connectivity index (χ4v) is 1.79. The summed E-state index contributed by atoms with van der Waals surface area (Å²) >= 11 is 5.99. The van der Waals surface area contributed by atoms with Crippen LogP contribution in [0.2, 0.25) is 5.02 Å². The summed E-state index contributed by atoms with van der Waals surface area (Å²) in [7, 11) is 2.97. The molecular formula is C13H14ClN3O3. The van der Waals surface area contributed by atoms with Gasteiger partial charge in [0.15, 0.2) is 17.3 Å². The highest BCUT2D eigenvalue weighted by Crippen LogP contribution is 2.30. The number of methoxy groups -OCH3 is 2. The number of phenols is 1. The van der Waals surface area contributed by atoms with Gasteiger partial charge in [-0.15, -0.1) is 0 Å². The predicted molar refractivity (Wildman–Crippen MR) is 75.6 cm³/mol. The monoisotopic (exact) mass is 295 g/mol. The van der Waals surface area contributed by atoms with E-state index in [1.54, 1.807) is 18.2 Å². The Morgan fingerprint density at radius 1 is 1.30 bits per heavy atom. The minimum atomic E-state index is 0.0830. The lowest BCUT2D eigenvalue weighted by atomic mass is 10.2. The second-order valence-electron chi connectivity index (χ2n) is 3.87. The Balaban J connectivity index is 2.16. The van der Waals surface area contributed by atoms with Gasteiger partial charge in [0.25, 0.3) is 0 Å². The van der Waals surface area contributed by atoms with E-state index in [0.29, 0.717) is 28.7 Å². The van der Waals surface area contributed by atoms with Crippen molar-refractivity contribution < 1.29 is 14.6 Å². The number of nitrogens with one attached hydrogen (secondary N) is 1. The molecule has 0 unspecified atom stereocenters. The van der Waals surface area contributed by atoms with Gasteiger partial charge in [-0.2, -0.15) is 4.98 Å². The standard InChI is InChI=1S/C13H14ClN3O3/c1-19-10-5-3-4-8(11(10)18)6-15-12-9(14)7-16-13(17-12)20-2/h3-5,7,18H,6H2,1-2H3,(H,15,16,17). The molecule has 0 saturated carbocycles. The third-order valence-electron chi connectivity index (χ3n) is 2.65. The molecule has 0 saturated heterocycles. The fourth-order valence-electron chi connectivity index (χ4n) is 1.63. The van der Waals surface area contributed by atoms with Crippen molar-refractivity contribution in [2.45, 2.75) is 6.54 Å². The third-order valence-corrected chi connectivity index (χ3v) is 2.93. The molecule has 1 aromatic carbocycles. The van der Waals surface area contributed by atoms with Crippen LogP contribution in [0.3, 0.4) is 0 Å². The lowest BCUT2D eigenvalue weighted by Crippen LogP contribution is -2.04. The number of rotatable bonds is 5. The van der Waals surface area contributed by atoms with E-state index in [4.69, 9.17) is 21.1 Å². The van der Waals surface area contributed by atoms with Crippen LogP contribution >= 0.6 is 11.6 Å². The van der Waals surface area contributed by atoms with Gasteiger partial charge in [-0.1, -0.05) is 23.7 Å². The molecule has 106 valence electrons. The largest absolute Gasteiger partial charge is 0.504 e. The summed E-state index contributed by atoms with van der Waals surface area (Å²) in [6.07, 6.45) is 1.45. The van der Waals surface area contributed by atoms with Gasteiger partial charge in [0, 0.05) is 12.1 Å². The van der Waals surface area contributed by atoms with Gasteiger partial charge < -0.3 is 19.9 Å². The summed E-state index contributed by atoms with van der Waals surface area (Å²) in [5.41, 5.74) is 0.665. The number of para-hydroxylation sites is 1. The van der Waals surface area contributed by atoms with Crippen molar-refractivity contribution in [1.82, 2.24) is 9.97 Å². The Bertz CT molecular complexity index is 605. The number of anilines is 1. The molecule has 0 aliphatic rings. The number of ether oxygens (including phenoxy) is 2. The smallest absolute Gasteiger partial charge is 0.318 e. The molecule has 7 heteroatoms. The average molecular weight is 296 g/mol. The molecule has 0 spiro atoms. The maximum Gasteiger partial charge on any atom is 0.318 e. The lowest BCUT2D eigenvalue weighted by Gasteiger charge is -2.11. The second kappa shape index (κ2) is 6.29. The summed E-state index contributed by atoms with van der Waals surface area (Å²) in [5, 5.41) is 13.4. The van der Waals surface area contributed by atoms with Gasteiger partial charge in [-0.3, -0.25) is 0 Å². The van der Waals surface area contributed by atoms with Gasteiger partial charge in [0.1, 0.15) is 5.02 Å². The van der Waals surface area contributed by atoms with E-state index in [1.165, 1.54) is 20.4 Å². The number of halogens is 1. The summed E-state index contributed by atoms with van der Waals surface area (Å²) in [4.78, 5) is 7.97. The zero-order valence-corrected chi connectivity index (χ0v) is 11.8. The van der Waals surface area contributed by atoms with Crippen LogP contribution in [0.15, 0.2) is 24.4 Å². The Hall–Kier alpha value is -2.21. The van der Waals surface area contributed by atoms with E-state index in [1.807, 2.05) is 0 Å². The number of hydrogen-bond donors (Lipinski definition) is 2. The van der Waals surface area contributed by atoms with Crippen molar-refractivity contribution in [2.75, 3.05) is 19.5 Å². The Morgan fingerprint density at radius 2 is 2.10 bits per heavy atom. The number of aromatic hydroxyl groups is 1. The summed E-state index contributed by atoms with van der Waals surface area (Å²) < 4.78 is 9.98. The van der Waals surface area contributed by atoms with E-state index in [9.17, 15) is 5.11 Å². The Morgan fingerprint density at radius 3 is 2.80 bits per heavy atom. The van der Waals surface area contributed by atoms with E-state index < -0.39 is 0 Å². The molecule has 1 aromatic heterocycles. The summed E-state index contributed by atoms with van der Waals surface area (Å²) in [6, 6.07) is 5.46. The van der Waals surface area contributed by atoms with Crippen LogP contribution in [-0.2, 0) is 6.54 Å². The van der Waals surface area contributed by atoms with Crippen LogP contribution in [0.1, 0.15) is 5.56 Å². The van der Waals surface area contributed by atoms with Crippen LogP contribution in [0, 0.1) is 0 Å². The van der Waals surface area contributed by atoms with Crippen LogP contribution in [0.4, 0.5) is 5.82 Å². The molecule has 0 aliphatic heterocycles. The molecule has 2 N–H and O–H groups in total. The summed E-state index contributed by atoms with van der Waals surface area (Å²) in [6.45, 7) is 0.336. The van der Waals surface area contributed by atoms with Gasteiger partial charge in [0.2, 0.25) is 0 Å². The first kappa shape index (κ1) is 14.2. The molecule has 6 nitrogen and oxygen atoms in total. The van der Waals surface area contributed by atoms with Crippen molar-refractivity contribution >= 4 is 17.4 Å². The number of hydrogen-bond acceptors (Lipinski definition) is 6.